The summed E-state index contributed by atoms with van der Waals surface area (Å²) in [6.07, 6.45) is -0.987. The number of carbonyl (C=O) groups excluding carboxylic acids is 2. The van der Waals surface area contributed by atoms with Crippen molar-refractivity contribution in [2.75, 3.05) is 20.2 Å². The number of ether oxygens (including phenoxy) is 1. The monoisotopic (exact) mass is 291 g/mol. The summed E-state index contributed by atoms with van der Waals surface area (Å²) < 4.78 is 32.5. The fourth-order valence-corrected chi connectivity index (χ4v) is 2.94. The number of benzene rings is 1. The summed E-state index contributed by atoms with van der Waals surface area (Å²) in [7, 11) is 6.79. The molecule has 1 aliphatic carbocycles. The van der Waals surface area contributed by atoms with E-state index >= 15 is 0 Å². The summed E-state index contributed by atoms with van der Waals surface area (Å²) in [6, 6.07) is 2.48. The van der Waals surface area contributed by atoms with E-state index < -0.39 is 29.3 Å². The highest BCUT2D eigenvalue weighted by atomic mass is 19.1. The van der Waals surface area contributed by atoms with Gasteiger partial charge in [-0.3, -0.25) is 9.59 Å². The van der Waals surface area contributed by atoms with Gasteiger partial charge in [-0.1, -0.05) is 11.5 Å². The number of amides is 1. The largest absolute Gasteiger partial charge is 0.468 e. The molecule has 0 N–H and O–H groups in total. The number of carbonyl (C=O) groups is 2. The van der Waals surface area contributed by atoms with Crippen LogP contribution in [0.25, 0.3) is 0 Å². The van der Waals surface area contributed by atoms with Gasteiger partial charge in [0.1, 0.15) is 26.4 Å². The fraction of sp³-hybridized carbons (Fsp3) is 0.429. The molecule has 1 fully saturated rings. The molecule has 0 bridgehead atoms. The highest BCUT2D eigenvalue weighted by Crippen LogP contribution is 2.54. The minimum absolute atomic E-state index is 0.0258. The zero-order valence-corrected chi connectivity index (χ0v) is 11.4. The second-order valence-electron chi connectivity index (χ2n) is 5.49. The van der Waals surface area contributed by atoms with Crippen molar-refractivity contribution < 1.29 is 23.1 Å². The molecular formula is C14H12BF2NO3. The van der Waals surface area contributed by atoms with Crippen molar-refractivity contribution in [2.24, 2.45) is 0 Å². The lowest BCUT2D eigenvalue weighted by atomic mass is 9.81. The van der Waals surface area contributed by atoms with Crippen LogP contribution in [-0.4, -0.2) is 51.0 Å². The fourth-order valence-electron chi connectivity index (χ4n) is 2.94. The van der Waals surface area contributed by atoms with Crippen LogP contribution in [0.3, 0.4) is 0 Å². The van der Waals surface area contributed by atoms with E-state index in [1.807, 2.05) is 0 Å². The van der Waals surface area contributed by atoms with Gasteiger partial charge in [0.15, 0.2) is 0 Å². The minimum atomic E-state index is -1.18. The Hall–Kier alpha value is -1.92. The molecule has 1 amide bonds. The van der Waals surface area contributed by atoms with Crippen molar-refractivity contribution in [3.05, 3.63) is 29.1 Å². The van der Waals surface area contributed by atoms with Crippen molar-refractivity contribution >= 4 is 25.2 Å². The summed E-state index contributed by atoms with van der Waals surface area (Å²) in [5.41, 5.74) is -0.690. The summed E-state index contributed by atoms with van der Waals surface area (Å²) >= 11 is 0. The Balaban J connectivity index is 2.07. The molecular weight excluding hydrogens is 279 g/mol. The molecule has 7 heteroatoms. The van der Waals surface area contributed by atoms with Crippen LogP contribution in [0.15, 0.2) is 12.1 Å². The molecule has 1 saturated carbocycles. The predicted molar refractivity (Wildman–Crippen MR) is 70.9 cm³/mol. The van der Waals surface area contributed by atoms with E-state index in [4.69, 9.17) is 7.85 Å². The Morgan fingerprint density at radius 3 is 2.81 bits per heavy atom. The zero-order chi connectivity index (χ0) is 15.4. The van der Waals surface area contributed by atoms with E-state index in [0.717, 1.165) is 11.0 Å². The van der Waals surface area contributed by atoms with E-state index in [0.29, 0.717) is 5.56 Å². The molecule has 2 atom stereocenters. The van der Waals surface area contributed by atoms with Crippen molar-refractivity contribution in [1.29, 1.82) is 0 Å². The van der Waals surface area contributed by atoms with Crippen molar-refractivity contribution in [3.8, 4) is 0 Å². The topological polar surface area (TPSA) is 46.6 Å². The van der Waals surface area contributed by atoms with Gasteiger partial charge in [0, 0.05) is 12.0 Å². The summed E-state index contributed by atoms with van der Waals surface area (Å²) in [5.74, 6) is -2.06. The van der Waals surface area contributed by atoms with Crippen LogP contribution in [0.5, 0.6) is 0 Å². The van der Waals surface area contributed by atoms with Crippen molar-refractivity contribution in [3.63, 3.8) is 0 Å². The number of rotatable bonds is 2. The number of esters is 1. The molecule has 1 aromatic rings. The molecule has 0 saturated heterocycles. The average molecular weight is 291 g/mol. The van der Waals surface area contributed by atoms with Crippen LogP contribution in [0.4, 0.5) is 8.78 Å². The molecule has 1 aromatic carbocycles. The number of fused-ring (bicyclic) bond motifs is 2. The Labute approximate surface area is 121 Å². The minimum Gasteiger partial charge on any atom is -0.468 e. The predicted octanol–water partition coefficient (Wildman–Crippen LogP) is 0.228. The Morgan fingerprint density at radius 2 is 2.24 bits per heavy atom. The number of hydrogen-bond acceptors (Lipinski definition) is 3. The Kier molecular flexibility index (Phi) is 3.04. The molecule has 1 spiro atoms. The zero-order valence-electron chi connectivity index (χ0n) is 11.4. The molecule has 4 nitrogen and oxygen atoms in total. The van der Waals surface area contributed by atoms with Crippen LogP contribution >= 0.6 is 0 Å². The number of halogens is 2. The maximum atomic E-state index is 14.1. The van der Waals surface area contributed by atoms with Crippen LogP contribution in [0.1, 0.15) is 22.3 Å². The van der Waals surface area contributed by atoms with Gasteiger partial charge in [0.2, 0.25) is 0 Å². The Bertz CT molecular complexity index is 651. The van der Waals surface area contributed by atoms with Crippen LogP contribution < -0.4 is 5.46 Å². The average Bonchev–Trinajstić information content (AvgIpc) is 3.06. The molecule has 3 rings (SSSR count). The van der Waals surface area contributed by atoms with E-state index in [-0.39, 0.29) is 30.5 Å². The first-order chi connectivity index (χ1) is 9.89. The quantitative estimate of drug-likeness (QED) is 0.579. The van der Waals surface area contributed by atoms with Crippen molar-refractivity contribution in [2.45, 2.75) is 18.0 Å². The second-order valence-corrected chi connectivity index (χ2v) is 5.49. The number of hydrogen-bond donors (Lipinski definition) is 0. The van der Waals surface area contributed by atoms with Gasteiger partial charge in [0.25, 0.3) is 5.91 Å². The highest BCUT2D eigenvalue weighted by Gasteiger charge is 2.61. The maximum Gasteiger partial charge on any atom is 0.325 e. The van der Waals surface area contributed by atoms with Gasteiger partial charge < -0.3 is 9.64 Å². The molecule has 21 heavy (non-hydrogen) atoms. The standard InChI is InChI=1S/C14H12BF2NO3/c1-21-11(19)5-18-6-14(4-10(14)17)8-2-7(15)3-9(16)12(8)13(18)20/h2-3,10H,4-6H2,1H3/t10?,14-/m0/s1. The van der Waals surface area contributed by atoms with Gasteiger partial charge in [-0.25, -0.2) is 8.78 Å². The summed E-state index contributed by atoms with van der Waals surface area (Å²) in [6.45, 7) is -0.301. The normalized spacial score (nSPS) is 26.7. The second kappa shape index (κ2) is 4.54. The lowest BCUT2D eigenvalue weighted by molar-refractivity contribution is -0.141. The van der Waals surface area contributed by atoms with E-state index in [9.17, 15) is 18.4 Å². The summed E-state index contributed by atoms with van der Waals surface area (Å²) in [4.78, 5) is 24.8. The van der Waals surface area contributed by atoms with Gasteiger partial charge in [-0.2, -0.15) is 0 Å². The van der Waals surface area contributed by atoms with Gasteiger partial charge in [0.05, 0.1) is 12.7 Å². The molecule has 2 aliphatic rings. The van der Waals surface area contributed by atoms with Gasteiger partial charge in [-0.05, 0) is 18.1 Å². The first-order valence-electron chi connectivity index (χ1n) is 6.48. The molecule has 0 aromatic heterocycles. The maximum absolute atomic E-state index is 14.1. The first kappa shape index (κ1) is 14.0. The third kappa shape index (κ3) is 2.02. The molecule has 2 radical (unpaired) electrons. The third-order valence-electron chi connectivity index (χ3n) is 4.15. The highest BCUT2D eigenvalue weighted by molar-refractivity contribution is 6.32. The van der Waals surface area contributed by atoms with Gasteiger partial charge in [-0.15, -0.1) is 0 Å². The summed E-state index contributed by atoms with van der Waals surface area (Å²) in [5, 5.41) is 0. The van der Waals surface area contributed by atoms with Crippen LogP contribution in [0, 0.1) is 5.82 Å². The van der Waals surface area contributed by atoms with Crippen LogP contribution in [-0.2, 0) is 14.9 Å². The Morgan fingerprint density at radius 1 is 1.57 bits per heavy atom. The van der Waals surface area contributed by atoms with E-state index in [2.05, 4.69) is 4.74 Å². The van der Waals surface area contributed by atoms with E-state index in [1.165, 1.54) is 13.2 Å². The molecule has 1 aliphatic heterocycles. The molecule has 1 heterocycles. The smallest absolute Gasteiger partial charge is 0.325 e. The number of methoxy groups -OCH3 is 1. The lowest BCUT2D eigenvalue weighted by Gasteiger charge is -2.34. The SMILES string of the molecule is [B]c1cc(F)c2c(c1)[C@]1(CC1F)CN(CC(=O)OC)C2=O. The third-order valence-corrected chi connectivity index (χ3v) is 4.15. The molecule has 1 unspecified atom stereocenters. The van der Waals surface area contributed by atoms with E-state index in [1.54, 1.807) is 0 Å². The van der Waals surface area contributed by atoms with Crippen molar-refractivity contribution in [1.82, 2.24) is 4.90 Å². The number of alkyl halides is 1. The number of nitrogens with zero attached hydrogens (tertiary/aromatic N) is 1. The molecule has 108 valence electrons. The first-order valence-corrected chi connectivity index (χ1v) is 6.48. The van der Waals surface area contributed by atoms with Crippen LogP contribution in [0.2, 0.25) is 0 Å². The lowest BCUT2D eigenvalue weighted by Crippen LogP contribution is -2.47. The van der Waals surface area contributed by atoms with Gasteiger partial charge >= 0.3 is 5.97 Å².